The summed E-state index contributed by atoms with van der Waals surface area (Å²) in [5.74, 6) is -15.4. The normalized spacial score (nSPS) is 11.6. The minimum atomic E-state index is -1.36. The molecule has 0 saturated carbocycles. The molecule has 0 radical (unpaired) electrons. The van der Waals surface area contributed by atoms with Crippen LogP contribution in [-0.2, 0) is 75.4 Å². The van der Waals surface area contributed by atoms with Gasteiger partial charge in [0.05, 0.1) is 37.8 Å². The third-order valence-corrected chi connectivity index (χ3v) is 10.3. The molecule has 0 aliphatic rings. The molecule has 3 N–H and O–H groups in total. The Morgan fingerprint density at radius 2 is 0.849 bits per heavy atom. The summed E-state index contributed by atoms with van der Waals surface area (Å²) in [6.45, 7) is 15.0. The van der Waals surface area contributed by atoms with Gasteiger partial charge in [0.2, 0.25) is 6.08 Å². The Bertz CT molecular complexity index is 2870. The first-order valence-electron chi connectivity index (χ1n) is 25.1. The highest BCUT2D eigenvalue weighted by atomic mass is 19.2. The van der Waals surface area contributed by atoms with Crippen molar-refractivity contribution >= 4 is 36.1 Å². The summed E-state index contributed by atoms with van der Waals surface area (Å²) < 4.78 is 140. The number of aliphatic hydroxyl groups excluding tert-OH is 1. The highest BCUT2D eigenvalue weighted by Gasteiger charge is 2.28. The van der Waals surface area contributed by atoms with Gasteiger partial charge in [0.1, 0.15) is 40.9 Å². The first kappa shape index (κ1) is 82.2. The lowest BCUT2D eigenvalue weighted by Gasteiger charge is -2.23. The molecule has 0 aromatic heterocycles. The lowest BCUT2D eigenvalue weighted by Crippen LogP contribution is -2.40. The minimum absolute atomic E-state index is 0. The van der Waals surface area contributed by atoms with Crippen molar-refractivity contribution in [1.29, 1.82) is 0 Å². The SMILES string of the molecule is C.C.C.C.CC(C)(C)OC(=O)C[C@@H](Cc1cc(F)c(F)cc1F)C(=O)O.CC(C)(C)OC(=O)C[C@@H](Cc1cc(F)c(F)cc1F)N=C=O.CC(C)(C)OC(=O)C[C@@H](Cc1cc(F)c(F)cc1F)NC(=O)OCc1ccccc1.OCc1ccccc1. The molecule has 5 aromatic carbocycles. The number of nitrogens with one attached hydrogen (secondary N) is 1. The second-order valence-electron chi connectivity index (χ2n) is 21.0. The summed E-state index contributed by atoms with van der Waals surface area (Å²) in [4.78, 5) is 72.7. The number of carbonyl (C=O) groups excluding carboxylic acids is 5. The molecule has 0 aliphatic heterocycles. The highest BCUT2D eigenvalue weighted by molar-refractivity contribution is 5.79. The number of rotatable bonds is 18. The van der Waals surface area contributed by atoms with Gasteiger partial charge in [-0.3, -0.25) is 19.2 Å². The summed E-state index contributed by atoms with van der Waals surface area (Å²) in [6, 6.07) is 19.7. The third-order valence-electron chi connectivity index (χ3n) is 10.3. The van der Waals surface area contributed by atoms with Crippen LogP contribution in [0.25, 0.3) is 0 Å². The Kier molecular flexibility index (Phi) is 37.1. The zero-order valence-corrected chi connectivity index (χ0v) is 46.5. The van der Waals surface area contributed by atoms with Crippen LogP contribution >= 0.6 is 0 Å². The maximum absolute atomic E-state index is 14.0. The van der Waals surface area contributed by atoms with Gasteiger partial charge in [-0.15, -0.1) is 0 Å². The Balaban J connectivity index is -0.00000112. The van der Waals surface area contributed by atoms with Crippen LogP contribution in [0, 0.1) is 58.3 Å². The van der Waals surface area contributed by atoms with Crippen LogP contribution in [0.4, 0.5) is 44.3 Å². The first-order chi connectivity index (χ1) is 38.1. The number of aliphatic carboxylic acids is 1. The smallest absolute Gasteiger partial charge is 0.407 e. The second kappa shape index (κ2) is 38.8. The maximum Gasteiger partial charge on any atom is 0.407 e. The van der Waals surface area contributed by atoms with E-state index in [0.717, 1.165) is 11.1 Å². The number of aliphatic hydroxyl groups is 1. The number of aliphatic imine (C=N–C) groups is 1. The number of carboxylic acid groups (broad SMARTS) is 1. The maximum atomic E-state index is 14.0. The summed E-state index contributed by atoms with van der Waals surface area (Å²) >= 11 is 0. The van der Waals surface area contributed by atoms with Gasteiger partial charge >= 0.3 is 30.0 Å². The van der Waals surface area contributed by atoms with Crippen molar-refractivity contribution in [3.8, 4) is 0 Å². The van der Waals surface area contributed by atoms with E-state index in [0.29, 0.717) is 36.4 Å². The van der Waals surface area contributed by atoms with Crippen molar-refractivity contribution in [3.63, 3.8) is 0 Å². The zero-order valence-electron chi connectivity index (χ0n) is 46.5. The van der Waals surface area contributed by atoms with E-state index in [-0.39, 0.29) is 85.3 Å². The molecule has 478 valence electrons. The number of hydrogen-bond donors (Lipinski definition) is 3. The topological polar surface area (TPSA) is 204 Å². The molecule has 1 amide bonds. The predicted octanol–water partition coefficient (Wildman–Crippen LogP) is 14.6. The number of ether oxygens (including phenoxy) is 4. The quantitative estimate of drug-likeness (QED) is 0.0187. The van der Waals surface area contributed by atoms with Gasteiger partial charge in [0.25, 0.3) is 0 Å². The average Bonchev–Trinajstić information content (AvgIpc) is 2.11. The average molecular weight is 1230 g/mol. The van der Waals surface area contributed by atoms with E-state index in [2.05, 4.69) is 10.3 Å². The number of esters is 3. The van der Waals surface area contributed by atoms with E-state index in [4.69, 9.17) is 29.2 Å². The van der Waals surface area contributed by atoms with Gasteiger partial charge in [-0.2, -0.15) is 0 Å². The number of alkyl carbamates (subject to hydrolysis) is 1. The number of carboxylic acids is 1. The fourth-order valence-corrected chi connectivity index (χ4v) is 6.86. The molecule has 14 nitrogen and oxygen atoms in total. The molecule has 3 atom stereocenters. The van der Waals surface area contributed by atoms with Crippen LogP contribution in [0.1, 0.15) is 139 Å². The van der Waals surface area contributed by atoms with Crippen LogP contribution in [0.2, 0.25) is 0 Å². The van der Waals surface area contributed by atoms with Crippen LogP contribution in [0.15, 0.2) is 102 Å². The molecular weight excluding hydrogens is 1150 g/mol. The predicted molar refractivity (Wildman–Crippen MR) is 307 cm³/mol. The van der Waals surface area contributed by atoms with Crippen molar-refractivity contribution in [2.45, 2.75) is 173 Å². The van der Waals surface area contributed by atoms with Crippen molar-refractivity contribution in [3.05, 3.63) is 177 Å². The van der Waals surface area contributed by atoms with Gasteiger partial charge in [0, 0.05) is 24.2 Å². The van der Waals surface area contributed by atoms with Gasteiger partial charge in [0.15, 0.2) is 34.9 Å². The zero-order chi connectivity index (χ0) is 62.1. The fourth-order valence-electron chi connectivity index (χ4n) is 6.86. The number of isocyanates is 1. The van der Waals surface area contributed by atoms with Gasteiger partial charge < -0.3 is 34.5 Å². The van der Waals surface area contributed by atoms with Crippen LogP contribution in [0.3, 0.4) is 0 Å². The summed E-state index contributed by atoms with van der Waals surface area (Å²) in [6.07, 6.45) is -1.62. The molecule has 0 unspecified atom stereocenters. The standard InChI is InChI=1S/C22H24F3NO4.C15H16F3NO3.C15H17F3O4.C7H8O.4CH4/c1-22(2,3)30-20(27)11-16(9-15-10-18(24)19(25)12-17(15)23)26-21(28)29-13-14-7-5-4-6-8-14;1-15(2,3)22-14(21)6-10(19-8-20)4-9-5-12(17)13(18)7-11(9)16;1-15(2,3)22-13(19)6-9(14(20)21)4-8-5-11(17)12(18)7-10(8)16;8-6-7-4-2-1-3-5-7;;;;/h4-8,10,12,16H,9,11,13H2,1-3H3,(H,26,28);5,7,10H,4,6H2,1-3H3;5,7,9H,4,6H2,1-3H3,(H,20,21);1-5,8H,6H2;4*1H4/t16-;10-;9-;;;;;/m111...../s1. The molecule has 0 heterocycles. The van der Waals surface area contributed by atoms with Crippen LogP contribution < -0.4 is 5.32 Å². The number of amides is 1. The fraction of sp³-hybridized carbons (Fsp3) is 0.429. The van der Waals surface area contributed by atoms with Gasteiger partial charge in [-0.05, 0) is 128 Å². The Labute approximate surface area is 498 Å². The van der Waals surface area contributed by atoms with Crippen molar-refractivity contribution in [2.24, 2.45) is 10.9 Å². The highest BCUT2D eigenvalue weighted by Crippen LogP contribution is 2.23. The number of nitrogens with zero attached hydrogens (tertiary/aromatic N) is 1. The molecule has 0 spiro atoms. The van der Waals surface area contributed by atoms with E-state index < -0.39 is 130 Å². The molecule has 0 saturated heterocycles. The molecular formula is C63H81F9N2O12. The molecule has 23 heteroatoms. The van der Waals surface area contributed by atoms with E-state index >= 15 is 0 Å². The largest absolute Gasteiger partial charge is 0.481 e. The monoisotopic (exact) mass is 1230 g/mol. The van der Waals surface area contributed by atoms with E-state index in [1.165, 1.54) is 6.08 Å². The van der Waals surface area contributed by atoms with Crippen molar-refractivity contribution in [1.82, 2.24) is 5.32 Å². The van der Waals surface area contributed by atoms with Crippen LogP contribution in [-0.4, -0.2) is 75.2 Å². The van der Waals surface area contributed by atoms with Crippen molar-refractivity contribution in [2.75, 3.05) is 0 Å². The Morgan fingerprint density at radius 3 is 1.21 bits per heavy atom. The number of benzene rings is 5. The molecule has 86 heavy (non-hydrogen) atoms. The number of halogens is 9. The minimum Gasteiger partial charge on any atom is -0.481 e. The van der Waals surface area contributed by atoms with Crippen LogP contribution in [0.5, 0.6) is 0 Å². The first-order valence-corrected chi connectivity index (χ1v) is 25.1. The number of carbonyl (C=O) groups is 5. The second-order valence-corrected chi connectivity index (χ2v) is 21.0. The van der Waals surface area contributed by atoms with E-state index in [1.54, 1.807) is 86.6 Å². The summed E-state index contributed by atoms with van der Waals surface area (Å²) in [7, 11) is 0. The lowest BCUT2D eigenvalue weighted by atomic mass is 9.95. The Morgan fingerprint density at radius 1 is 0.500 bits per heavy atom. The molecule has 0 fully saturated rings. The van der Waals surface area contributed by atoms with E-state index in [1.807, 2.05) is 36.4 Å². The summed E-state index contributed by atoms with van der Waals surface area (Å²) in [5, 5.41) is 20.1. The Hall–Kier alpha value is -8.04. The van der Waals surface area contributed by atoms with Gasteiger partial charge in [-0.25, -0.2) is 54.1 Å². The molecule has 5 aromatic rings. The van der Waals surface area contributed by atoms with Crippen molar-refractivity contribution < 1.29 is 97.4 Å². The molecule has 0 aliphatic carbocycles. The lowest BCUT2D eigenvalue weighted by molar-refractivity contribution is -0.159. The van der Waals surface area contributed by atoms with Gasteiger partial charge in [-0.1, -0.05) is 90.4 Å². The third kappa shape index (κ3) is 33.4. The van der Waals surface area contributed by atoms with E-state index in [9.17, 15) is 68.3 Å². The number of hydrogen-bond acceptors (Lipinski definition) is 12. The molecule has 0 bridgehead atoms. The summed E-state index contributed by atoms with van der Waals surface area (Å²) in [5.41, 5.74) is -1.24. The molecule has 5 rings (SSSR count).